The molecule has 5 heteroatoms. The molecule has 0 radical (unpaired) electrons. The van der Waals surface area contributed by atoms with Crippen LogP contribution in [-0.4, -0.2) is 35.9 Å². The van der Waals surface area contributed by atoms with E-state index in [4.69, 9.17) is 14.2 Å². The molecule has 0 amide bonds. The van der Waals surface area contributed by atoms with E-state index in [1.165, 1.54) is 18.1 Å². The molecule has 1 saturated carbocycles. The zero-order chi connectivity index (χ0) is 15.8. The summed E-state index contributed by atoms with van der Waals surface area (Å²) in [5.41, 5.74) is 2.41. The van der Waals surface area contributed by atoms with E-state index < -0.39 is 0 Å². The third-order valence-corrected chi connectivity index (χ3v) is 6.09. The average Bonchev–Trinajstić information content (AvgIpc) is 2.88. The van der Waals surface area contributed by atoms with Crippen LogP contribution in [0.2, 0.25) is 0 Å². The maximum atomic E-state index is 12.2. The highest BCUT2D eigenvalue weighted by molar-refractivity contribution is 5.75. The molecular formula is C17H22O5. The molecule has 2 aliphatic carbocycles. The highest BCUT2D eigenvalue weighted by Gasteiger charge is 2.70. The maximum Gasteiger partial charge on any atom is 0.309 e. The van der Waals surface area contributed by atoms with Gasteiger partial charge in [-0.15, -0.1) is 0 Å². The van der Waals surface area contributed by atoms with Crippen molar-refractivity contribution < 1.29 is 23.8 Å². The Hall–Kier alpha value is -1.36. The first kappa shape index (κ1) is 14.2. The summed E-state index contributed by atoms with van der Waals surface area (Å²) in [5.74, 6) is -0.709. The first-order valence-corrected chi connectivity index (χ1v) is 8.07. The van der Waals surface area contributed by atoms with E-state index in [2.05, 4.69) is 13.8 Å². The molecule has 0 bridgehead atoms. The van der Waals surface area contributed by atoms with E-state index in [-0.39, 0.29) is 53.6 Å². The number of carbonyl (C=O) groups excluding carboxylic acids is 2. The van der Waals surface area contributed by atoms with Crippen LogP contribution in [0.1, 0.15) is 40.5 Å². The van der Waals surface area contributed by atoms with Crippen LogP contribution in [0, 0.1) is 17.8 Å². The molecule has 5 nitrogen and oxygen atoms in total. The molecule has 0 aromatic rings. The molecule has 0 aromatic carbocycles. The van der Waals surface area contributed by atoms with Gasteiger partial charge < -0.3 is 14.2 Å². The van der Waals surface area contributed by atoms with Crippen molar-refractivity contribution in [3.8, 4) is 0 Å². The summed E-state index contributed by atoms with van der Waals surface area (Å²) >= 11 is 0. The molecule has 4 rings (SSSR count). The molecule has 7 atom stereocenters. The van der Waals surface area contributed by atoms with E-state index in [0.717, 1.165) is 6.42 Å². The third kappa shape index (κ3) is 1.75. The molecule has 3 fully saturated rings. The van der Waals surface area contributed by atoms with Gasteiger partial charge in [-0.25, -0.2) is 0 Å². The van der Waals surface area contributed by atoms with Gasteiger partial charge in [0.05, 0.1) is 12.0 Å². The van der Waals surface area contributed by atoms with Crippen molar-refractivity contribution in [1.29, 1.82) is 0 Å². The third-order valence-electron chi connectivity index (χ3n) is 6.09. The minimum absolute atomic E-state index is 0.0892. The van der Waals surface area contributed by atoms with Crippen molar-refractivity contribution in [2.45, 2.75) is 64.4 Å². The molecule has 4 aliphatic rings. The van der Waals surface area contributed by atoms with Gasteiger partial charge in [0.1, 0.15) is 17.8 Å². The average molecular weight is 306 g/mol. The van der Waals surface area contributed by atoms with Gasteiger partial charge in [0.15, 0.2) is 0 Å². The zero-order valence-corrected chi connectivity index (χ0v) is 13.4. The second-order valence-electron chi connectivity index (χ2n) is 7.40. The normalized spacial score (nSPS) is 49.0. The number of epoxide rings is 1. The second kappa shape index (κ2) is 4.34. The van der Waals surface area contributed by atoms with Crippen molar-refractivity contribution in [1.82, 2.24) is 0 Å². The van der Waals surface area contributed by atoms with Crippen molar-refractivity contribution in [2.75, 3.05) is 0 Å². The molecular weight excluding hydrogens is 284 g/mol. The Morgan fingerprint density at radius 2 is 2.09 bits per heavy atom. The van der Waals surface area contributed by atoms with Crippen molar-refractivity contribution in [3.05, 3.63) is 11.1 Å². The van der Waals surface area contributed by atoms with Crippen molar-refractivity contribution >= 4 is 11.9 Å². The fraction of sp³-hybridized carbons (Fsp3) is 0.765. The van der Waals surface area contributed by atoms with Crippen LogP contribution >= 0.6 is 0 Å². The predicted octanol–water partition coefficient (Wildman–Crippen LogP) is 1.99. The van der Waals surface area contributed by atoms with Crippen LogP contribution in [0.3, 0.4) is 0 Å². The van der Waals surface area contributed by atoms with E-state index in [0.29, 0.717) is 6.42 Å². The summed E-state index contributed by atoms with van der Waals surface area (Å²) in [4.78, 5) is 23.7. The van der Waals surface area contributed by atoms with Crippen LogP contribution in [-0.2, 0) is 23.8 Å². The Morgan fingerprint density at radius 3 is 2.77 bits per heavy atom. The molecule has 0 aromatic heterocycles. The zero-order valence-electron chi connectivity index (χ0n) is 13.4. The topological polar surface area (TPSA) is 65.1 Å². The van der Waals surface area contributed by atoms with Gasteiger partial charge in [-0.3, -0.25) is 9.59 Å². The van der Waals surface area contributed by atoms with E-state index in [1.807, 2.05) is 6.92 Å². The first-order valence-electron chi connectivity index (χ1n) is 8.07. The monoisotopic (exact) mass is 306 g/mol. The van der Waals surface area contributed by atoms with Crippen LogP contribution < -0.4 is 0 Å². The number of hydrogen-bond donors (Lipinski definition) is 0. The number of fused-ring (bicyclic) bond motifs is 5. The highest BCUT2D eigenvalue weighted by Crippen LogP contribution is 2.62. The Balaban J connectivity index is 1.77. The Bertz CT molecular complexity index is 594. The number of ether oxygens (including phenoxy) is 3. The van der Waals surface area contributed by atoms with Crippen LogP contribution in [0.25, 0.3) is 0 Å². The predicted molar refractivity (Wildman–Crippen MR) is 76.8 cm³/mol. The highest BCUT2D eigenvalue weighted by atomic mass is 16.6. The van der Waals surface area contributed by atoms with Crippen LogP contribution in [0.5, 0.6) is 0 Å². The lowest BCUT2D eigenvalue weighted by Crippen LogP contribution is -2.41. The lowest BCUT2D eigenvalue weighted by atomic mass is 9.78. The Kier molecular flexibility index (Phi) is 2.81. The Labute approximate surface area is 130 Å². The molecule has 0 unspecified atom stereocenters. The number of esters is 2. The van der Waals surface area contributed by atoms with Gasteiger partial charge in [-0.2, -0.15) is 0 Å². The molecule has 0 N–H and O–H groups in total. The summed E-state index contributed by atoms with van der Waals surface area (Å²) < 4.78 is 17.2. The van der Waals surface area contributed by atoms with Gasteiger partial charge in [0, 0.05) is 25.2 Å². The van der Waals surface area contributed by atoms with E-state index in [1.54, 1.807) is 0 Å². The largest absolute Gasteiger partial charge is 0.462 e. The minimum atomic E-state index is -0.299. The van der Waals surface area contributed by atoms with E-state index in [9.17, 15) is 9.59 Å². The quantitative estimate of drug-likeness (QED) is 0.421. The summed E-state index contributed by atoms with van der Waals surface area (Å²) in [6, 6.07) is 0. The molecule has 0 spiro atoms. The van der Waals surface area contributed by atoms with Gasteiger partial charge in [0.2, 0.25) is 0 Å². The smallest absolute Gasteiger partial charge is 0.309 e. The summed E-state index contributed by atoms with van der Waals surface area (Å²) in [7, 11) is 0. The fourth-order valence-corrected chi connectivity index (χ4v) is 4.92. The molecule has 120 valence electrons. The van der Waals surface area contributed by atoms with E-state index >= 15 is 0 Å². The minimum Gasteiger partial charge on any atom is -0.462 e. The Morgan fingerprint density at radius 1 is 1.36 bits per heavy atom. The molecule has 2 heterocycles. The van der Waals surface area contributed by atoms with Gasteiger partial charge >= 0.3 is 11.9 Å². The fourth-order valence-electron chi connectivity index (χ4n) is 4.92. The SMILES string of the molecule is CC(=O)O[C@H]1CC(C)=C2C[C@H]3O[C@@]3(C)[C@H]2[C@H]2OC(=O)[C@@H](C)[C@@H]21. The standard InChI is InChI=1S/C17H22O5/c1-7-5-11(20-9(3)18)13-8(2)16(19)21-15(13)14-10(7)6-12-17(14,4)22-12/h8,11-15H,5-6H2,1-4H3/t8-,11-,12+,13+,14+,15-,17+/m0/s1. The number of hydrogen-bond acceptors (Lipinski definition) is 5. The van der Waals surface area contributed by atoms with Gasteiger partial charge in [-0.1, -0.05) is 18.1 Å². The molecule has 2 saturated heterocycles. The van der Waals surface area contributed by atoms with Crippen LogP contribution in [0.4, 0.5) is 0 Å². The lowest BCUT2D eigenvalue weighted by molar-refractivity contribution is -0.151. The second-order valence-corrected chi connectivity index (χ2v) is 7.40. The van der Waals surface area contributed by atoms with Gasteiger partial charge in [-0.05, 0) is 20.3 Å². The summed E-state index contributed by atoms with van der Waals surface area (Å²) in [6.07, 6.45) is 1.33. The first-order chi connectivity index (χ1) is 10.3. The van der Waals surface area contributed by atoms with Crippen LogP contribution in [0.15, 0.2) is 11.1 Å². The number of carbonyl (C=O) groups is 2. The summed E-state index contributed by atoms with van der Waals surface area (Å²) in [6.45, 7) is 7.53. The van der Waals surface area contributed by atoms with Gasteiger partial charge in [0.25, 0.3) is 0 Å². The van der Waals surface area contributed by atoms with Crippen molar-refractivity contribution in [2.24, 2.45) is 17.8 Å². The lowest BCUT2D eigenvalue weighted by Gasteiger charge is -2.30. The van der Waals surface area contributed by atoms with Crippen molar-refractivity contribution in [3.63, 3.8) is 0 Å². The summed E-state index contributed by atoms with van der Waals surface area (Å²) in [5, 5.41) is 0. The number of rotatable bonds is 1. The maximum absolute atomic E-state index is 12.2. The molecule has 22 heavy (non-hydrogen) atoms. The molecule has 2 aliphatic heterocycles.